The number of likely N-dealkylation sites (tertiary alicyclic amines) is 1. The zero-order valence-corrected chi connectivity index (χ0v) is 16.3. The van der Waals surface area contributed by atoms with Gasteiger partial charge in [0.2, 0.25) is 11.8 Å². The number of hydrogen-bond acceptors (Lipinski definition) is 4. The maximum absolute atomic E-state index is 12.8. The topological polar surface area (TPSA) is 71.5 Å². The number of carbonyl (C=O) groups is 2. The van der Waals surface area contributed by atoms with Gasteiger partial charge in [-0.05, 0) is 37.0 Å². The number of nitrogens with one attached hydrogen (secondary N) is 1. The minimum atomic E-state index is -0.0152. The summed E-state index contributed by atoms with van der Waals surface area (Å²) in [6.07, 6.45) is 4.18. The maximum atomic E-state index is 12.8. The molecule has 2 amide bonds. The molecule has 3 heterocycles. The van der Waals surface area contributed by atoms with E-state index in [2.05, 4.69) is 22.4 Å². The standard InChI is InChI=1S/C22H27N3O3/c1-15(26)25-10-7-16(8-11-25)22(27)24-21-14-28-13-18(21)12-17-6-9-23-20-5-3-2-4-19(17)20/h2-6,9,16,18,21H,7-8,10-14H2,1H3,(H,24,27)/t18-,21-/m1/s1. The van der Waals surface area contributed by atoms with Crippen LogP contribution in [-0.2, 0) is 20.7 Å². The van der Waals surface area contributed by atoms with Crippen LogP contribution in [0.5, 0.6) is 0 Å². The van der Waals surface area contributed by atoms with Crippen LogP contribution in [0.2, 0.25) is 0 Å². The number of benzene rings is 1. The first kappa shape index (κ1) is 18.9. The fraction of sp³-hybridized carbons (Fsp3) is 0.500. The van der Waals surface area contributed by atoms with Gasteiger partial charge in [-0.15, -0.1) is 0 Å². The highest BCUT2D eigenvalue weighted by Crippen LogP contribution is 2.25. The van der Waals surface area contributed by atoms with Crippen molar-refractivity contribution in [1.29, 1.82) is 0 Å². The monoisotopic (exact) mass is 381 g/mol. The molecule has 2 aliphatic heterocycles. The van der Waals surface area contributed by atoms with E-state index in [1.54, 1.807) is 6.92 Å². The van der Waals surface area contributed by atoms with E-state index in [0.717, 1.165) is 24.8 Å². The lowest BCUT2D eigenvalue weighted by molar-refractivity contribution is -0.134. The summed E-state index contributed by atoms with van der Waals surface area (Å²) in [6.45, 7) is 4.14. The third-order valence-electron chi connectivity index (χ3n) is 6.06. The van der Waals surface area contributed by atoms with Crippen LogP contribution in [0.1, 0.15) is 25.3 Å². The first-order chi connectivity index (χ1) is 13.6. The summed E-state index contributed by atoms with van der Waals surface area (Å²) in [4.78, 5) is 30.5. The van der Waals surface area contributed by atoms with Gasteiger partial charge in [-0.1, -0.05) is 18.2 Å². The third-order valence-corrected chi connectivity index (χ3v) is 6.06. The van der Waals surface area contributed by atoms with Gasteiger partial charge in [-0.25, -0.2) is 0 Å². The van der Waals surface area contributed by atoms with E-state index in [1.807, 2.05) is 29.3 Å². The molecule has 0 unspecified atom stereocenters. The van der Waals surface area contributed by atoms with Crippen LogP contribution in [0.15, 0.2) is 36.5 Å². The summed E-state index contributed by atoms with van der Waals surface area (Å²) in [5, 5.41) is 4.39. The number of hydrogen-bond donors (Lipinski definition) is 1. The van der Waals surface area contributed by atoms with E-state index in [9.17, 15) is 9.59 Å². The molecule has 0 radical (unpaired) electrons. The molecule has 2 aromatic rings. The Kier molecular flexibility index (Phi) is 5.57. The molecule has 1 aromatic carbocycles. The van der Waals surface area contributed by atoms with Gasteiger partial charge in [-0.3, -0.25) is 14.6 Å². The Morgan fingerprint density at radius 3 is 2.75 bits per heavy atom. The van der Waals surface area contributed by atoms with Gasteiger partial charge in [0.05, 0.1) is 24.8 Å². The molecule has 4 rings (SSSR count). The largest absolute Gasteiger partial charge is 0.379 e. The van der Waals surface area contributed by atoms with Crippen molar-refractivity contribution in [1.82, 2.24) is 15.2 Å². The van der Waals surface area contributed by atoms with Crippen LogP contribution in [0.4, 0.5) is 0 Å². The Bertz CT molecular complexity index is 856. The van der Waals surface area contributed by atoms with Crippen molar-refractivity contribution >= 4 is 22.7 Å². The number of piperidine rings is 1. The van der Waals surface area contributed by atoms with E-state index in [-0.39, 0.29) is 29.7 Å². The highest BCUT2D eigenvalue weighted by Gasteiger charge is 2.33. The predicted molar refractivity (Wildman–Crippen MR) is 107 cm³/mol. The first-order valence-corrected chi connectivity index (χ1v) is 10.1. The smallest absolute Gasteiger partial charge is 0.223 e. The van der Waals surface area contributed by atoms with Gasteiger partial charge in [0.25, 0.3) is 0 Å². The normalized spacial score (nSPS) is 23.1. The molecule has 148 valence electrons. The van der Waals surface area contributed by atoms with E-state index in [4.69, 9.17) is 4.74 Å². The molecular weight excluding hydrogens is 354 g/mol. The molecule has 1 aromatic heterocycles. The molecule has 1 N–H and O–H groups in total. The van der Waals surface area contributed by atoms with Crippen molar-refractivity contribution in [3.8, 4) is 0 Å². The van der Waals surface area contributed by atoms with Crippen LogP contribution >= 0.6 is 0 Å². The number of pyridine rings is 1. The Morgan fingerprint density at radius 1 is 1.18 bits per heavy atom. The molecule has 6 nitrogen and oxygen atoms in total. The molecular formula is C22H27N3O3. The molecule has 0 bridgehead atoms. The number of rotatable bonds is 4. The minimum absolute atomic E-state index is 0.0152. The average Bonchev–Trinajstić information content (AvgIpc) is 3.15. The summed E-state index contributed by atoms with van der Waals surface area (Å²) in [6, 6.07) is 10.3. The molecule has 6 heteroatoms. The first-order valence-electron chi connectivity index (χ1n) is 10.1. The lowest BCUT2D eigenvalue weighted by Gasteiger charge is -2.31. The number of ether oxygens (including phenoxy) is 1. The second-order valence-electron chi connectivity index (χ2n) is 7.88. The van der Waals surface area contributed by atoms with Gasteiger partial charge in [-0.2, -0.15) is 0 Å². The Balaban J connectivity index is 1.38. The van der Waals surface area contributed by atoms with Crippen molar-refractivity contribution < 1.29 is 14.3 Å². The summed E-state index contributed by atoms with van der Waals surface area (Å²) >= 11 is 0. The number of nitrogens with zero attached hydrogens (tertiary/aromatic N) is 2. The summed E-state index contributed by atoms with van der Waals surface area (Å²) in [7, 11) is 0. The van der Waals surface area contributed by atoms with Crippen molar-refractivity contribution in [2.45, 2.75) is 32.2 Å². The van der Waals surface area contributed by atoms with Crippen molar-refractivity contribution in [2.75, 3.05) is 26.3 Å². The van der Waals surface area contributed by atoms with Gasteiger partial charge >= 0.3 is 0 Å². The minimum Gasteiger partial charge on any atom is -0.379 e. The van der Waals surface area contributed by atoms with Crippen molar-refractivity contribution in [3.63, 3.8) is 0 Å². The predicted octanol–water partition coefficient (Wildman–Crippen LogP) is 2.17. The number of fused-ring (bicyclic) bond motifs is 1. The molecule has 0 spiro atoms. The Labute approximate surface area is 165 Å². The van der Waals surface area contributed by atoms with Gasteiger partial charge < -0.3 is 15.0 Å². The lowest BCUT2D eigenvalue weighted by Crippen LogP contribution is -2.47. The van der Waals surface area contributed by atoms with Crippen LogP contribution in [0.3, 0.4) is 0 Å². The molecule has 2 atom stereocenters. The summed E-state index contributed by atoms with van der Waals surface area (Å²) < 4.78 is 5.71. The fourth-order valence-electron chi connectivity index (χ4n) is 4.33. The van der Waals surface area contributed by atoms with Crippen LogP contribution < -0.4 is 5.32 Å². The molecule has 28 heavy (non-hydrogen) atoms. The van der Waals surface area contributed by atoms with E-state index < -0.39 is 0 Å². The van der Waals surface area contributed by atoms with Crippen LogP contribution in [-0.4, -0.2) is 54.0 Å². The Hall–Kier alpha value is -2.47. The Morgan fingerprint density at radius 2 is 1.96 bits per heavy atom. The van der Waals surface area contributed by atoms with E-state index >= 15 is 0 Å². The quantitative estimate of drug-likeness (QED) is 0.881. The zero-order chi connectivity index (χ0) is 19.5. The van der Waals surface area contributed by atoms with Crippen molar-refractivity contribution in [3.05, 3.63) is 42.1 Å². The van der Waals surface area contributed by atoms with Gasteiger partial charge in [0, 0.05) is 43.4 Å². The fourth-order valence-corrected chi connectivity index (χ4v) is 4.33. The second-order valence-corrected chi connectivity index (χ2v) is 7.88. The third kappa shape index (κ3) is 4.02. The second kappa shape index (κ2) is 8.27. The van der Waals surface area contributed by atoms with Gasteiger partial charge in [0.15, 0.2) is 0 Å². The highest BCUT2D eigenvalue weighted by molar-refractivity contribution is 5.82. The van der Waals surface area contributed by atoms with Crippen molar-refractivity contribution in [2.24, 2.45) is 11.8 Å². The summed E-state index contributed by atoms with van der Waals surface area (Å²) in [5.74, 6) is 0.432. The van der Waals surface area contributed by atoms with Crippen LogP contribution in [0.25, 0.3) is 10.9 Å². The lowest BCUT2D eigenvalue weighted by atomic mass is 9.91. The van der Waals surface area contributed by atoms with E-state index in [0.29, 0.717) is 26.3 Å². The number of carbonyl (C=O) groups excluding carboxylic acids is 2. The zero-order valence-electron chi connectivity index (χ0n) is 16.3. The van der Waals surface area contributed by atoms with E-state index in [1.165, 1.54) is 10.9 Å². The summed E-state index contributed by atoms with van der Waals surface area (Å²) in [5.41, 5.74) is 2.24. The number of para-hydroxylation sites is 1. The molecule has 0 saturated carbocycles. The molecule has 2 saturated heterocycles. The number of amides is 2. The molecule has 2 fully saturated rings. The SMILES string of the molecule is CC(=O)N1CCC(C(=O)N[C@@H]2COC[C@H]2Cc2ccnc3ccccc23)CC1. The maximum Gasteiger partial charge on any atom is 0.223 e. The van der Waals surface area contributed by atoms with Crippen LogP contribution in [0, 0.1) is 11.8 Å². The average molecular weight is 381 g/mol. The van der Waals surface area contributed by atoms with Gasteiger partial charge in [0.1, 0.15) is 0 Å². The molecule has 0 aliphatic carbocycles. The molecule has 2 aliphatic rings. The number of aromatic nitrogens is 1. The highest BCUT2D eigenvalue weighted by atomic mass is 16.5.